The smallest absolute Gasteiger partial charge is 0.0454 e. The molecule has 2 heterocycles. The van der Waals surface area contributed by atoms with E-state index in [2.05, 4.69) is 29.4 Å². The summed E-state index contributed by atoms with van der Waals surface area (Å²) >= 11 is 0. The molecule has 0 unspecified atom stereocenters. The van der Waals surface area contributed by atoms with Gasteiger partial charge in [-0.25, -0.2) is 0 Å². The van der Waals surface area contributed by atoms with Gasteiger partial charge in [-0.15, -0.1) is 0 Å². The van der Waals surface area contributed by atoms with Gasteiger partial charge < -0.3 is 5.32 Å². The van der Waals surface area contributed by atoms with Crippen molar-refractivity contribution < 1.29 is 0 Å². The Hall–Kier alpha value is -0.890. The minimum atomic E-state index is 0.553. The van der Waals surface area contributed by atoms with Crippen molar-refractivity contribution in [2.45, 2.75) is 51.5 Å². The normalized spacial score (nSPS) is 32.6. The van der Waals surface area contributed by atoms with E-state index in [1.807, 2.05) is 6.20 Å². The highest BCUT2D eigenvalue weighted by Gasteiger charge is 2.26. The first-order valence-electron chi connectivity index (χ1n) is 7.50. The Balaban J connectivity index is 1.92. The summed E-state index contributed by atoms with van der Waals surface area (Å²) in [6.45, 7) is 3.56. The number of fused-ring (bicyclic) bond motifs is 4. The van der Waals surface area contributed by atoms with Gasteiger partial charge in [0.05, 0.1) is 0 Å². The van der Waals surface area contributed by atoms with Crippen LogP contribution < -0.4 is 5.32 Å². The maximum atomic E-state index is 4.65. The zero-order chi connectivity index (χ0) is 12.4. The topological polar surface area (TPSA) is 24.9 Å². The van der Waals surface area contributed by atoms with Gasteiger partial charge in [-0.1, -0.05) is 32.3 Å². The molecule has 98 valence electrons. The molecule has 3 rings (SSSR count). The van der Waals surface area contributed by atoms with Crippen molar-refractivity contribution >= 4 is 0 Å². The summed E-state index contributed by atoms with van der Waals surface area (Å²) in [4.78, 5) is 4.65. The van der Waals surface area contributed by atoms with Gasteiger partial charge in [-0.2, -0.15) is 0 Å². The quantitative estimate of drug-likeness (QED) is 0.755. The summed E-state index contributed by atoms with van der Waals surface area (Å²) in [5, 5.41) is 3.70. The second-order valence-electron chi connectivity index (χ2n) is 6.18. The Bertz CT molecular complexity index is 402. The highest BCUT2D eigenvalue weighted by molar-refractivity contribution is 5.25. The van der Waals surface area contributed by atoms with E-state index in [0.717, 1.165) is 18.3 Å². The fraction of sp³-hybridized carbons (Fsp3) is 0.688. The Morgan fingerprint density at radius 3 is 3.17 bits per heavy atom. The van der Waals surface area contributed by atoms with Gasteiger partial charge in [0, 0.05) is 17.9 Å². The fourth-order valence-electron chi connectivity index (χ4n) is 3.62. The molecule has 1 fully saturated rings. The molecule has 2 aliphatic rings. The molecular weight excluding hydrogens is 220 g/mol. The SMILES string of the molecule is C[C@@H]1CCC[C@@H]2CCN[C@@H](C2)c2cccnc2C1. The predicted molar refractivity (Wildman–Crippen MR) is 74.4 cm³/mol. The van der Waals surface area contributed by atoms with Crippen LogP contribution in [-0.4, -0.2) is 11.5 Å². The van der Waals surface area contributed by atoms with Gasteiger partial charge >= 0.3 is 0 Å². The van der Waals surface area contributed by atoms with Crippen LogP contribution in [-0.2, 0) is 6.42 Å². The molecule has 0 amide bonds. The van der Waals surface area contributed by atoms with Crippen LogP contribution >= 0.6 is 0 Å². The second kappa shape index (κ2) is 5.40. The molecule has 0 aromatic carbocycles. The van der Waals surface area contributed by atoms with Crippen LogP contribution in [0.3, 0.4) is 0 Å². The summed E-state index contributed by atoms with van der Waals surface area (Å²) in [7, 11) is 0. The molecule has 1 aliphatic carbocycles. The van der Waals surface area contributed by atoms with Crippen molar-refractivity contribution in [3.05, 3.63) is 29.6 Å². The zero-order valence-electron chi connectivity index (χ0n) is 11.4. The van der Waals surface area contributed by atoms with E-state index in [4.69, 9.17) is 0 Å². The molecule has 2 heteroatoms. The summed E-state index contributed by atoms with van der Waals surface area (Å²) in [6.07, 6.45) is 9.98. The van der Waals surface area contributed by atoms with E-state index in [1.54, 1.807) is 0 Å². The molecule has 2 nitrogen and oxygen atoms in total. The molecule has 1 aromatic rings. The average molecular weight is 244 g/mol. The molecule has 0 spiro atoms. The van der Waals surface area contributed by atoms with Gasteiger partial charge in [0.15, 0.2) is 0 Å². The molecule has 1 N–H and O–H groups in total. The maximum Gasteiger partial charge on any atom is 0.0454 e. The van der Waals surface area contributed by atoms with Crippen LogP contribution in [0.15, 0.2) is 18.3 Å². The second-order valence-corrected chi connectivity index (χ2v) is 6.18. The van der Waals surface area contributed by atoms with Crippen LogP contribution in [0, 0.1) is 11.8 Å². The molecule has 0 radical (unpaired) electrons. The highest BCUT2D eigenvalue weighted by atomic mass is 14.9. The van der Waals surface area contributed by atoms with Gasteiger partial charge in [0.25, 0.3) is 0 Å². The monoisotopic (exact) mass is 244 g/mol. The number of piperidine rings is 1. The van der Waals surface area contributed by atoms with Crippen LogP contribution in [0.1, 0.15) is 56.3 Å². The largest absolute Gasteiger partial charge is 0.310 e. The molecular formula is C16H24N2. The number of rotatable bonds is 0. The minimum Gasteiger partial charge on any atom is -0.310 e. The highest BCUT2D eigenvalue weighted by Crippen LogP contribution is 2.34. The number of hydrogen-bond acceptors (Lipinski definition) is 2. The van der Waals surface area contributed by atoms with Crippen molar-refractivity contribution in [3.8, 4) is 0 Å². The maximum absolute atomic E-state index is 4.65. The number of pyridine rings is 1. The van der Waals surface area contributed by atoms with E-state index in [-0.39, 0.29) is 0 Å². The van der Waals surface area contributed by atoms with Gasteiger partial charge in [-0.3, -0.25) is 4.98 Å². The van der Waals surface area contributed by atoms with Crippen molar-refractivity contribution in [1.29, 1.82) is 0 Å². The van der Waals surface area contributed by atoms with Gasteiger partial charge in [0.1, 0.15) is 0 Å². The molecule has 1 aliphatic heterocycles. The minimum absolute atomic E-state index is 0.553. The summed E-state index contributed by atoms with van der Waals surface area (Å²) in [5.74, 6) is 1.70. The third-order valence-corrected chi connectivity index (χ3v) is 4.66. The van der Waals surface area contributed by atoms with Crippen LogP contribution in [0.2, 0.25) is 0 Å². The number of nitrogens with zero attached hydrogens (tertiary/aromatic N) is 1. The number of nitrogens with one attached hydrogen (secondary N) is 1. The first-order valence-corrected chi connectivity index (χ1v) is 7.50. The lowest BCUT2D eigenvalue weighted by Crippen LogP contribution is -2.33. The van der Waals surface area contributed by atoms with E-state index in [0.29, 0.717) is 6.04 Å². The van der Waals surface area contributed by atoms with E-state index in [9.17, 15) is 0 Å². The lowest BCUT2D eigenvalue weighted by atomic mass is 9.81. The lowest BCUT2D eigenvalue weighted by molar-refractivity contribution is 0.273. The molecule has 2 bridgehead atoms. The Morgan fingerprint density at radius 1 is 1.28 bits per heavy atom. The third-order valence-electron chi connectivity index (χ3n) is 4.66. The van der Waals surface area contributed by atoms with Gasteiger partial charge in [-0.05, 0) is 49.3 Å². The number of aromatic nitrogens is 1. The average Bonchev–Trinajstić information content (AvgIpc) is 2.39. The van der Waals surface area contributed by atoms with Gasteiger partial charge in [0.2, 0.25) is 0 Å². The van der Waals surface area contributed by atoms with Crippen LogP contribution in [0.5, 0.6) is 0 Å². The summed E-state index contributed by atoms with van der Waals surface area (Å²) in [6, 6.07) is 4.94. The first kappa shape index (κ1) is 12.2. The molecule has 18 heavy (non-hydrogen) atoms. The Morgan fingerprint density at radius 2 is 2.22 bits per heavy atom. The van der Waals surface area contributed by atoms with Crippen LogP contribution in [0.4, 0.5) is 0 Å². The van der Waals surface area contributed by atoms with Crippen LogP contribution in [0.25, 0.3) is 0 Å². The molecule has 3 atom stereocenters. The molecule has 0 saturated carbocycles. The standard InChI is InChI=1S/C16H24N2/c1-12-4-2-5-13-7-9-18-16(11-13)14-6-3-8-17-15(14)10-12/h3,6,8,12-13,16,18H,2,4-5,7,9-11H2,1H3/t12-,13-,16+/m1/s1. The Kier molecular flexibility index (Phi) is 3.64. The van der Waals surface area contributed by atoms with Crippen molar-refractivity contribution in [2.75, 3.05) is 6.54 Å². The molecule has 1 saturated heterocycles. The summed E-state index contributed by atoms with van der Waals surface area (Å²) < 4.78 is 0. The third kappa shape index (κ3) is 2.59. The van der Waals surface area contributed by atoms with Crippen molar-refractivity contribution in [2.24, 2.45) is 11.8 Å². The molecule has 1 aromatic heterocycles. The van der Waals surface area contributed by atoms with E-state index in [1.165, 1.54) is 49.9 Å². The summed E-state index contributed by atoms with van der Waals surface area (Å²) in [5.41, 5.74) is 2.81. The number of hydrogen-bond donors (Lipinski definition) is 1. The predicted octanol–water partition coefficient (Wildman–Crippen LogP) is 3.48. The zero-order valence-corrected chi connectivity index (χ0v) is 11.4. The fourth-order valence-corrected chi connectivity index (χ4v) is 3.62. The van der Waals surface area contributed by atoms with E-state index < -0.39 is 0 Å². The van der Waals surface area contributed by atoms with Crippen molar-refractivity contribution in [1.82, 2.24) is 10.3 Å². The lowest BCUT2D eigenvalue weighted by Gasteiger charge is -2.33. The first-order chi connectivity index (χ1) is 8.83. The van der Waals surface area contributed by atoms with Crippen molar-refractivity contribution in [3.63, 3.8) is 0 Å². The van der Waals surface area contributed by atoms with E-state index >= 15 is 0 Å². The Labute approximate surface area is 110 Å².